The summed E-state index contributed by atoms with van der Waals surface area (Å²) in [6.07, 6.45) is 1.70. The Balaban J connectivity index is 1.26. The Morgan fingerprint density at radius 3 is 2.34 bits per heavy atom. The van der Waals surface area contributed by atoms with E-state index in [9.17, 15) is 14.9 Å². The lowest BCUT2D eigenvalue weighted by molar-refractivity contribution is -0.384. The van der Waals surface area contributed by atoms with Crippen LogP contribution in [-0.4, -0.2) is 61.4 Å². The molecule has 0 aliphatic carbocycles. The van der Waals surface area contributed by atoms with Crippen LogP contribution in [0.15, 0.2) is 73.1 Å². The van der Waals surface area contributed by atoms with Crippen molar-refractivity contribution in [3.05, 3.63) is 115 Å². The van der Waals surface area contributed by atoms with Crippen LogP contribution in [0.2, 0.25) is 10.0 Å². The first-order chi connectivity index (χ1) is 21.2. The fraction of sp³-hybridized carbons (Fsp3) is 0.226. The molecule has 13 heteroatoms. The third-order valence-corrected chi connectivity index (χ3v) is 8.09. The van der Waals surface area contributed by atoms with E-state index in [0.717, 1.165) is 11.1 Å². The summed E-state index contributed by atoms with van der Waals surface area (Å²) in [5, 5.41) is 15.3. The van der Waals surface area contributed by atoms with Crippen molar-refractivity contribution in [3.8, 4) is 0 Å². The monoisotopic (exact) mass is 630 g/mol. The SMILES string of the molecule is Cc1ccc(CNc2nc(N3CCN(C(=O)c4ccc(Cl)cc4Cl)CC3)nc3c2ncn3Cc2ccc([N+](=O)[O-])cc2)cc1. The fourth-order valence-electron chi connectivity index (χ4n) is 5.07. The summed E-state index contributed by atoms with van der Waals surface area (Å²) < 4.78 is 1.90. The van der Waals surface area contributed by atoms with Crippen LogP contribution in [0.1, 0.15) is 27.0 Å². The first kappa shape index (κ1) is 29.3. The van der Waals surface area contributed by atoms with Crippen molar-refractivity contribution in [2.24, 2.45) is 0 Å². The minimum Gasteiger partial charge on any atom is -0.364 e. The zero-order valence-electron chi connectivity index (χ0n) is 23.8. The number of hydrogen-bond donors (Lipinski definition) is 1. The molecule has 3 heterocycles. The molecule has 1 fully saturated rings. The lowest BCUT2D eigenvalue weighted by atomic mass is 10.1. The molecular formula is C31H28Cl2N8O3. The maximum absolute atomic E-state index is 13.2. The number of piperazine rings is 1. The third-order valence-electron chi connectivity index (χ3n) is 7.54. The molecule has 6 rings (SSSR count). The number of amides is 1. The van der Waals surface area contributed by atoms with E-state index < -0.39 is 4.92 Å². The van der Waals surface area contributed by atoms with Crippen LogP contribution in [0.5, 0.6) is 0 Å². The Kier molecular flexibility index (Phi) is 8.32. The van der Waals surface area contributed by atoms with Gasteiger partial charge < -0.3 is 19.7 Å². The van der Waals surface area contributed by atoms with E-state index in [1.54, 1.807) is 41.6 Å². The van der Waals surface area contributed by atoms with E-state index in [1.165, 1.54) is 17.7 Å². The number of nitro benzene ring substituents is 1. The molecule has 3 aromatic carbocycles. The van der Waals surface area contributed by atoms with Gasteiger partial charge in [-0.3, -0.25) is 14.9 Å². The maximum atomic E-state index is 13.2. The van der Waals surface area contributed by atoms with Crippen molar-refractivity contribution in [1.82, 2.24) is 24.4 Å². The maximum Gasteiger partial charge on any atom is 0.269 e. The third kappa shape index (κ3) is 6.29. The van der Waals surface area contributed by atoms with Gasteiger partial charge in [0.2, 0.25) is 5.95 Å². The lowest BCUT2D eigenvalue weighted by Crippen LogP contribution is -2.49. The molecule has 2 aromatic heterocycles. The Hall–Kier alpha value is -4.74. The van der Waals surface area contributed by atoms with E-state index in [-0.39, 0.29) is 11.6 Å². The number of rotatable bonds is 8. The molecule has 0 bridgehead atoms. The molecule has 1 aliphatic heterocycles. The van der Waals surface area contributed by atoms with Gasteiger partial charge in [-0.15, -0.1) is 0 Å². The molecule has 1 saturated heterocycles. The minimum atomic E-state index is -0.417. The van der Waals surface area contributed by atoms with Crippen molar-refractivity contribution in [3.63, 3.8) is 0 Å². The summed E-state index contributed by atoms with van der Waals surface area (Å²) >= 11 is 12.3. The topological polar surface area (TPSA) is 122 Å². The predicted octanol–water partition coefficient (Wildman–Crippen LogP) is 5.97. The number of nitrogens with zero attached hydrogens (tertiary/aromatic N) is 7. The van der Waals surface area contributed by atoms with Gasteiger partial charge in [-0.05, 0) is 36.2 Å². The Bertz CT molecular complexity index is 1840. The van der Waals surface area contributed by atoms with E-state index in [2.05, 4.69) is 34.6 Å². The van der Waals surface area contributed by atoms with Crippen molar-refractivity contribution >= 4 is 57.7 Å². The number of carbonyl (C=O) groups is 1. The first-order valence-corrected chi connectivity index (χ1v) is 14.8. The molecular weight excluding hydrogens is 603 g/mol. The van der Waals surface area contributed by atoms with Crippen molar-refractivity contribution < 1.29 is 9.72 Å². The van der Waals surface area contributed by atoms with Crippen LogP contribution in [-0.2, 0) is 13.1 Å². The van der Waals surface area contributed by atoms with E-state index in [4.69, 9.17) is 33.2 Å². The van der Waals surface area contributed by atoms with Gasteiger partial charge in [0.1, 0.15) is 0 Å². The second-order valence-electron chi connectivity index (χ2n) is 10.6. The van der Waals surface area contributed by atoms with Crippen LogP contribution in [0, 0.1) is 17.0 Å². The molecule has 1 N–H and O–H groups in total. The highest BCUT2D eigenvalue weighted by molar-refractivity contribution is 6.36. The number of aryl methyl sites for hydroxylation is 1. The molecule has 1 aliphatic rings. The van der Waals surface area contributed by atoms with Gasteiger partial charge in [-0.1, -0.05) is 65.2 Å². The number of imidazole rings is 1. The Morgan fingerprint density at radius 1 is 0.955 bits per heavy atom. The summed E-state index contributed by atoms with van der Waals surface area (Å²) in [5.74, 6) is 0.967. The zero-order chi connectivity index (χ0) is 30.8. The van der Waals surface area contributed by atoms with E-state index in [1.807, 2.05) is 16.4 Å². The number of hydrogen-bond acceptors (Lipinski definition) is 8. The molecule has 0 atom stereocenters. The van der Waals surface area contributed by atoms with Gasteiger partial charge in [0.05, 0.1) is 28.4 Å². The van der Waals surface area contributed by atoms with Gasteiger partial charge in [-0.2, -0.15) is 9.97 Å². The minimum absolute atomic E-state index is 0.0346. The summed E-state index contributed by atoms with van der Waals surface area (Å²) in [5.41, 5.74) is 4.85. The number of nitrogens with one attached hydrogen (secondary N) is 1. The molecule has 224 valence electrons. The predicted molar refractivity (Wildman–Crippen MR) is 171 cm³/mol. The normalized spacial score (nSPS) is 13.3. The molecule has 44 heavy (non-hydrogen) atoms. The van der Waals surface area contributed by atoms with Gasteiger partial charge in [0.15, 0.2) is 17.0 Å². The molecule has 11 nitrogen and oxygen atoms in total. The number of aromatic nitrogens is 4. The number of anilines is 2. The van der Waals surface area contributed by atoms with Crippen molar-refractivity contribution in [1.29, 1.82) is 0 Å². The number of fused-ring (bicyclic) bond motifs is 1. The highest BCUT2D eigenvalue weighted by atomic mass is 35.5. The number of nitro groups is 1. The lowest BCUT2D eigenvalue weighted by Gasteiger charge is -2.35. The van der Waals surface area contributed by atoms with Crippen LogP contribution in [0.25, 0.3) is 11.2 Å². The van der Waals surface area contributed by atoms with Crippen LogP contribution < -0.4 is 10.2 Å². The fourth-order valence-corrected chi connectivity index (χ4v) is 5.56. The summed E-state index contributed by atoms with van der Waals surface area (Å²) in [7, 11) is 0. The summed E-state index contributed by atoms with van der Waals surface area (Å²) in [6, 6.07) is 19.6. The van der Waals surface area contributed by atoms with Gasteiger partial charge in [0, 0.05) is 49.9 Å². The average molecular weight is 632 g/mol. The Morgan fingerprint density at radius 2 is 1.66 bits per heavy atom. The van der Waals surface area contributed by atoms with E-state index >= 15 is 0 Å². The number of non-ortho nitro benzene ring substituents is 1. The second kappa shape index (κ2) is 12.5. The van der Waals surface area contributed by atoms with Gasteiger partial charge in [-0.25, -0.2) is 4.98 Å². The molecule has 0 radical (unpaired) electrons. The number of halogens is 2. The molecule has 0 saturated carbocycles. The first-order valence-electron chi connectivity index (χ1n) is 14.0. The molecule has 1 amide bonds. The molecule has 0 unspecified atom stereocenters. The highest BCUT2D eigenvalue weighted by Crippen LogP contribution is 2.27. The molecule has 5 aromatic rings. The quantitative estimate of drug-likeness (QED) is 0.164. The van der Waals surface area contributed by atoms with Crippen LogP contribution in [0.4, 0.5) is 17.5 Å². The van der Waals surface area contributed by atoms with E-state index in [0.29, 0.717) is 77.8 Å². The summed E-state index contributed by atoms with van der Waals surface area (Å²) in [6.45, 7) is 5.00. The smallest absolute Gasteiger partial charge is 0.269 e. The average Bonchev–Trinajstić information content (AvgIpc) is 3.43. The zero-order valence-corrected chi connectivity index (χ0v) is 25.3. The number of carbonyl (C=O) groups excluding carboxylic acids is 1. The standard InChI is InChI=1S/C31H28Cl2N8O3/c1-20-2-4-21(5-3-20)17-34-28-27-29(40(19-35-27)18-22-6-9-24(10-7-22)41(43)44)37-31(36-28)39-14-12-38(13-15-39)30(42)25-11-8-23(32)16-26(25)33/h2-11,16,19H,12-15,17-18H2,1H3,(H,34,36,37). The molecule has 0 spiro atoms. The highest BCUT2D eigenvalue weighted by Gasteiger charge is 2.26. The van der Waals surface area contributed by atoms with Crippen LogP contribution >= 0.6 is 23.2 Å². The second-order valence-corrected chi connectivity index (χ2v) is 11.4. The van der Waals surface area contributed by atoms with Crippen molar-refractivity contribution in [2.45, 2.75) is 20.0 Å². The van der Waals surface area contributed by atoms with Crippen molar-refractivity contribution in [2.75, 3.05) is 36.4 Å². The van der Waals surface area contributed by atoms with Crippen LogP contribution in [0.3, 0.4) is 0 Å². The largest absolute Gasteiger partial charge is 0.364 e. The number of benzene rings is 3. The summed E-state index contributed by atoms with van der Waals surface area (Å²) in [4.78, 5) is 42.1. The van der Waals surface area contributed by atoms with Gasteiger partial charge >= 0.3 is 0 Å². The Labute approximate surface area is 263 Å². The van der Waals surface area contributed by atoms with Gasteiger partial charge in [0.25, 0.3) is 11.6 Å².